The molecule has 27 heavy (non-hydrogen) atoms. The van der Waals surface area contributed by atoms with Crippen LogP contribution in [0.15, 0.2) is 60.8 Å². The van der Waals surface area contributed by atoms with Gasteiger partial charge in [-0.05, 0) is 42.8 Å². The lowest BCUT2D eigenvalue weighted by Gasteiger charge is -2.18. The molecule has 1 amide bonds. The van der Waals surface area contributed by atoms with Crippen LogP contribution in [0.3, 0.4) is 0 Å². The van der Waals surface area contributed by atoms with Crippen molar-refractivity contribution >= 4 is 34.7 Å². The van der Waals surface area contributed by atoms with Gasteiger partial charge in [0, 0.05) is 35.6 Å². The number of carbonyl (C=O) groups is 1. The first-order chi connectivity index (χ1) is 13.0. The number of halogens is 1. The third-order valence-corrected chi connectivity index (χ3v) is 4.61. The topological polar surface area (TPSA) is 54.5 Å². The fraction of sp³-hybridized carbons (Fsp3) is 0.143. The summed E-state index contributed by atoms with van der Waals surface area (Å²) < 4.78 is 5.38. The molecule has 0 unspecified atom stereocenters. The first-order valence-electron chi connectivity index (χ1n) is 8.40. The molecule has 0 spiro atoms. The second-order valence-corrected chi connectivity index (χ2v) is 6.46. The Morgan fingerprint density at radius 1 is 1.15 bits per heavy atom. The lowest BCUT2D eigenvalue weighted by Crippen LogP contribution is -2.26. The van der Waals surface area contributed by atoms with Gasteiger partial charge in [0.15, 0.2) is 0 Å². The number of ether oxygens (including phenoxy) is 1. The molecule has 0 saturated carbocycles. The number of nitrogens with zero attached hydrogens (tertiary/aromatic N) is 2. The van der Waals surface area contributed by atoms with E-state index in [1.54, 1.807) is 43.5 Å². The van der Waals surface area contributed by atoms with Crippen LogP contribution in [0.5, 0.6) is 5.75 Å². The van der Waals surface area contributed by atoms with E-state index in [-0.39, 0.29) is 5.91 Å². The molecule has 0 atom stereocenters. The van der Waals surface area contributed by atoms with Crippen LogP contribution in [0.1, 0.15) is 15.9 Å². The third-order valence-electron chi connectivity index (χ3n) is 4.20. The highest BCUT2D eigenvalue weighted by atomic mass is 35.5. The number of amides is 1. The second-order valence-electron chi connectivity index (χ2n) is 6.06. The van der Waals surface area contributed by atoms with Gasteiger partial charge in [-0.3, -0.25) is 4.79 Å². The zero-order valence-electron chi connectivity index (χ0n) is 15.4. The highest BCUT2D eigenvalue weighted by molar-refractivity contribution is 6.31. The molecular formula is C21H20ClN3O2. The summed E-state index contributed by atoms with van der Waals surface area (Å²) in [7, 11) is 3.32. The summed E-state index contributed by atoms with van der Waals surface area (Å²) in [5.74, 6) is 1.03. The van der Waals surface area contributed by atoms with Crippen LogP contribution >= 0.6 is 11.6 Å². The molecule has 0 aliphatic heterocycles. The van der Waals surface area contributed by atoms with Crippen molar-refractivity contribution < 1.29 is 9.53 Å². The van der Waals surface area contributed by atoms with E-state index in [4.69, 9.17) is 16.3 Å². The lowest BCUT2D eigenvalue weighted by atomic mass is 10.2. The summed E-state index contributed by atoms with van der Waals surface area (Å²) in [5.41, 5.74) is 3.00. The number of aryl methyl sites for hydroxylation is 1. The van der Waals surface area contributed by atoms with Crippen molar-refractivity contribution in [2.75, 3.05) is 24.4 Å². The number of aromatic nitrogens is 1. The summed E-state index contributed by atoms with van der Waals surface area (Å²) in [4.78, 5) is 18.7. The van der Waals surface area contributed by atoms with Crippen LogP contribution in [0.4, 0.5) is 17.2 Å². The molecule has 0 aliphatic carbocycles. The van der Waals surface area contributed by atoms with E-state index in [9.17, 15) is 4.79 Å². The Bertz CT molecular complexity index is 961. The van der Waals surface area contributed by atoms with E-state index in [2.05, 4.69) is 10.3 Å². The van der Waals surface area contributed by atoms with Crippen LogP contribution in [-0.4, -0.2) is 25.0 Å². The van der Waals surface area contributed by atoms with Gasteiger partial charge in [-0.15, -0.1) is 0 Å². The highest BCUT2D eigenvalue weighted by Crippen LogP contribution is 2.32. The number of hydrogen-bond acceptors (Lipinski definition) is 4. The summed E-state index contributed by atoms with van der Waals surface area (Å²) in [5, 5.41) is 3.82. The van der Waals surface area contributed by atoms with Crippen molar-refractivity contribution in [2.45, 2.75) is 6.92 Å². The van der Waals surface area contributed by atoms with Crippen LogP contribution < -0.4 is 15.0 Å². The van der Waals surface area contributed by atoms with Gasteiger partial charge < -0.3 is 15.0 Å². The fourth-order valence-corrected chi connectivity index (χ4v) is 2.82. The van der Waals surface area contributed by atoms with Gasteiger partial charge in [0.05, 0.1) is 12.8 Å². The summed E-state index contributed by atoms with van der Waals surface area (Å²) in [6.45, 7) is 1.91. The molecule has 0 fully saturated rings. The summed E-state index contributed by atoms with van der Waals surface area (Å²) >= 11 is 6.15. The van der Waals surface area contributed by atoms with Gasteiger partial charge >= 0.3 is 0 Å². The van der Waals surface area contributed by atoms with Gasteiger partial charge in [0.2, 0.25) is 0 Å². The molecule has 138 valence electrons. The van der Waals surface area contributed by atoms with Gasteiger partial charge in [-0.2, -0.15) is 0 Å². The molecule has 0 bridgehead atoms. The van der Waals surface area contributed by atoms with E-state index >= 15 is 0 Å². The van der Waals surface area contributed by atoms with Gasteiger partial charge in [-0.25, -0.2) is 4.98 Å². The van der Waals surface area contributed by atoms with Crippen LogP contribution in [0, 0.1) is 6.92 Å². The van der Waals surface area contributed by atoms with E-state index in [0.29, 0.717) is 22.2 Å². The standard InChI is InChI=1S/C21H20ClN3O2/c1-14-11-18(19(27-3)13-17(14)22)24-20-12-15(9-10-23-20)21(26)25(2)16-7-5-4-6-8-16/h4-13H,1-3H3,(H,23,24). The number of benzene rings is 2. The lowest BCUT2D eigenvalue weighted by molar-refractivity contribution is 0.0993. The van der Waals surface area contributed by atoms with E-state index in [0.717, 1.165) is 16.9 Å². The average Bonchev–Trinajstić information content (AvgIpc) is 2.70. The molecule has 6 heteroatoms. The van der Waals surface area contributed by atoms with Crippen molar-refractivity contribution in [3.05, 3.63) is 76.9 Å². The number of anilines is 3. The number of pyridine rings is 1. The second kappa shape index (κ2) is 8.10. The minimum absolute atomic E-state index is 0.120. The molecule has 1 aromatic heterocycles. The Balaban J connectivity index is 1.86. The SMILES string of the molecule is COc1cc(Cl)c(C)cc1Nc1cc(C(=O)N(C)c2ccccc2)ccn1. The molecule has 5 nitrogen and oxygen atoms in total. The number of hydrogen-bond donors (Lipinski definition) is 1. The minimum atomic E-state index is -0.120. The Labute approximate surface area is 163 Å². The zero-order chi connectivity index (χ0) is 19.4. The predicted molar refractivity (Wildman–Crippen MR) is 109 cm³/mol. The van der Waals surface area contributed by atoms with Gasteiger partial charge in [-0.1, -0.05) is 29.8 Å². The van der Waals surface area contributed by atoms with Crippen molar-refractivity contribution in [1.29, 1.82) is 0 Å². The maximum absolute atomic E-state index is 12.8. The molecule has 3 rings (SSSR count). The molecule has 0 radical (unpaired) electrons. The quantitative estimate of drug-likeness (QED) is 0.670. The smallest absolute Gasteiger partial charge is 0.258 e. The zero-order valence-corrected chi connectivity index (χ0v) is 16.1. The third kappa shape index (κ3) is 4.20. The van der Waals surface area contributed by atoms with Crippen LogP contribution in [0.25, 0.3) is 0 Å². The van der Waals surface area contributed by atoms with Gasteiger partial charge in [0.1, 0.15) is 11.6 Å². The van der Waals surface area contributed by atoms with Crippen LogP contribution in [0.2, 0.25) is 5.02 Å². The highest BCUT2D eigenvalue weighted by Gasteiger charge is 2.15. The Morgan fingerprint density at radius 2 is 1.89 bits per heavy atom. The van der Waals surface area contributed by atoms with Crippen molar-refractivity contribution in [3.8, 4) is 5.75 Å². The normalized spacial score (nSPS) is 10.4. The Hall–Kier alpha value is -3.05. The van der Waals surface area contributed by atoms with Crippen LogP contribution in [-0.2, 0) is 0 Å². The Morgan fingerprint density at radius 3 is 2.59 bits per heavy atom. The first-order valence-corrected chi connectivity index (χ1v) is 8.77. The van der Waals surface area contributed by atoms with E-state index < -0.39 is 0 Å². The average molecular weight is 382 g/mol. The first kappa shape index (κ1) is 18.7. The molecule has 3 aromatic rings. The number of nitrogens with one attached hydrogen (secondary N) is 1. The number of rotatable bonds is 5. The maximum Gasteiger partial charge on any atom is 0.258 e. The van der Waals surface area contributed by atoms with Crippen molar-refractivity contribution in [3.63, 3.8) is 0 Å². The van der Waals surface area contributed by atoms with Crippen molar-refractivity contribution in [1.82, 2.24) is 4.98 Å². The Kier molecular flexibility index (Phi) is 5.62. The molecule has 1 heterocycles. The number of para-hydroxylation sites is 1. The molecular weight excluding hydrogens is 362 g/mol. The number of methoxy groups -OCH3 is 1. The fourth-order valence-electron chi connectivity index (χ4n) is 2.66. The largest absolute Gasteiger partial charge is 0.495 e. The van der Waals surface area contributed by atoms with Gasteiger partial charge in [0.25, 0.3) is 5.91 Å². The molecule has 1 N–H and O–H groups in total. The monoisotopic (exact) mass is 381 g/mol. The molecule has 0 saturated heterocycles. The minimum Gasteiger partial charge on any atom is -0.495 e. The predicted octanol–water partition coefficient (Wildman–Crippen LogP) is 5.07. The summed E-state index contributed by atoms with van der Waals surface area (Å²) in [6.07, 6.45) is 1.60. The maximum atomic E-state index is 12.8. The van der Waals surface area contributed by atoms with E-state index in [1.807, 2.05) is 43.3 Å². The molecule has 2 aromatic carbocycles. The van der Waals surface area contributed by atoms with Crippen molar-refractivity contribution in [2.24, 2.45) is 0 Å². The summed E-state index contributed by atoms with van der Waals surface area (Å²) in [6, 6.07) is 16.5. The van der Waals surface area contributed by atoms with E-state index in [1.165, 1.54) is 0 Å². The number of carbonyl (C=O) groups excluding carboxylic acids is 1. The molecule has 0 aliphatic rings.